The van der Waals surface area contributed by atoms with Crippen LogP contribution >= 0.6 is 20.8 Å². The smallest absolute Gasteiger partial charge is 0.222 e. The SMILES string of the molecule is Cc1cc2c(nn1)C(CC(=O)NCC(C)(C)OCC(C)(C)O)N=C(c1ccc(Cl)cc1)c1cc(P)ccc1-2. The van der Waals surface area contributed by atoms with Crippen LogP contribution < -0.4 is 10.6 Å². The van der Waals surface area contributed by atoms with Crippen LogP contribution in [0.4, 0.5) is 0 Å². The molecular formula is C29H34ClN4O3P. The van der Waals surface area contributed by atoms with Crippen molar-refractivity contribution in [3.63, 3.8) is 0 Å². The zero-order chi connectivity index (χ0) is 27.7. The minimum absolute atomic E-state index is 0.0884. The van der Waals surface area contributed by atoms with Gasteiger partial charge in [-0.3, -0.25) is 9.79 Å². The number of carbonyl (C=O) groups is 1. The van der Waals surface area contributed by atoms with Crippen LogP contribution in [0.3, 0.4) is 0 Å². The molecule has 200 valence electrons. The minimum Gasteiger partial charge on any atom is -0.388 e. The molecule has 2 atom stereocenters. The van der Waals surface area contributed by atoms with Crippen LogP contribution in [0.25, 0.3) is 11.1 Å². The number of ether oxygens (including phenoxy) is 1. The third-order valence-electron chi connectivity index (χ3n) is 6.16. The Hall–Kier alpha value is -2.70. The van der Waals surface area contributed by atoms with Crippen LogP contribution in [0.2, 0.25) is 5.02 Å². The van der Waals surface area contributed by atoms with Crippen LogP contribution in [0.5, 0.6) is 0 Å². The highest BCUT2D eigenvalue weighted by Gasteiger charge is 2.30. The summed E-state index contributed by atoms with van der Waals surface area (Å²) in [5.41, 5.74) is 4.35. The lowest BCUT2D eigenvalue weighted by molar-refractivity contribution is -0.124. The molecule has 0 saturated carbocycles. The first-order valence-electron chi connectivity index (χ1n) is 12.5. The van der Waals surface area contributed by atoms with Gasteiger partial charge in [0.1, 0.15) is 6.04 Å². The summed E-state index contributed by atoms with van der Waals surface area (Å²) in [7, 11) is 2.74. The Morgan fingerprint density at radius 2 is 1.76 bits per heavy atom. The summed E-state index contributed by atoms with van der Waals surface area (Å²) in [5.74, 6) is -0.180. The van der Waals surface area contributed by atoms with Gasteiger partial charge in [0, 0.05) is 28.3 Å². The van der Waals surface area contributed by atoms with Crippen molar-refractivity contribution in [3.8, 4) is 11.1 Å². The standard InChI is InChI=1S/C29H34ClN4O3P/c1-17-12-22-21-11-10-20(38)13-23(21)26(18-6-8-19(30)9-7-18)32-24(27(22)34-33-17)14-25(35)31-15-29(4,5)37-16-28(2,3)36/h6-13,24,36H,14-16,38H2,1-5H3,(H,31,35). The first kappa shape index (κ1) is 28.3. The van der Waals surface area contributed by atoms with Crippen molar-refractivity contribution in [1.82, 2.24) is 15.5 Å². The molecule has 0 fully saturated rings. The molecule has 0 aliphatic carbocycles. The fourth-order valence-corrected chi connectivity index (χ4v) is 4.59. The van der Waals surface area contributed by atoms with Gasteiger partial charge in [-0.15, -0.1) is 9.24 Å². The van der Waals surface area contributed by atoms with E-state index in [1.807, 2.05) is 57.2 Å². The molecule has 1 aromatic heterocycles. The molecule has 0 bridgehead atoms. The third-order valence-corrected chi connectivity index (χ3v) is 6.77. The van der Waals surface area contributed by atoms with Crippen LogP contribution in [0.15, 0.2) is 53.5 Å². The van der Waals surface area contributed by atoms with E-state index in [2.05, 4.69) is 36.9 Å². The van der Waals surface area contributed by atoms with Crippen molar-refractivity contribution in [2.24, 2.45) is 4.99 Å². The highest BCUT2D eigenvalue weighted by Crippen LogP contribution is 2.38. The Morgan fingerprint density at radius 1 is 1.05 bits per heavy atom. The Kier molecular flexibility index (Phi) is 8.34. The van der Waals surface area contributed by atoms with Gasteiger partial charge in [-0.25, -0.2) is 0 Å². The highest BCUT2D eigenvalue weighted by molar-refractivity contribution is 7.27. The number of hydrogen-bond donors (Lipinski definition) is 2. The maximum absolute atomic E-state index is 13.2. The molecule has 1 aliphatic rings. The van der Waals surface area contributed by atoms with E-state index in [1.54, 1.807) is 13.8 Å². The molecule has 3 aromatic rings. The molecule has 2 unspecified atom stereocenters. The first-order chi connectivity index (χ1) is 17.8. The summed E-state index contributed by atoms with van der Waals surface area (Å²) < 4.78 is 5.83. The van der Waals surface area contributed by atoms with Crippen LogP contribution in [-0.2, 0) is 9.53 Å². The van der Waals surface area contributed by atoms with Crippen LogP contribution in [0.1, 0.15) is 62.7 Å². The molecule has 38 heavy (non-hydrogen) atoms. The number of carbonyl (C=O) groups excluding carboxylic acids is 1. The number of aryl methyl sites for hydroxylation is 1. The lowest BCUT2D eigenvalue weighted by Crippen LogP contribution is -2.43. The number of fused-ring (bicyclic) bond motifs is 3. The number of halogens is 1. The normalized spacial score (nSPS) is 15.3. The predicted octanol–water partition coefficient (Wildman–Crippen LogP) is 4.57. The van der Waals surface area contributed by atoms with Gasteiger partial charge in [-0.05, 0) is 69.8 Å². The topological polar surface area (TPSA) is 96.7 Å². The maximum Gasteiger partial charge on any atom is 0.222 e. The minimum atomic E-state index is -0.958. The average molecular weight is 553 g/mol. The molecule has 0 radical (unpaired) electrons. The van der Waals surface area contributed by atoms with Gasteiger partial charge >= 0.3 is 0 Å². The van der Waals surface area contributed by atoms with Crippen molar-refractivity contribution in [2.75, 3.05) is 13.2 Å². The molecule has 2 N–H and O–H groups in total. The largest absolute Gasteiger partial charge is 0.388 e. The number of rotatable bonds is 8. The van der Waals surface area contributed by atoms with Crippen molar-refractivity contribution in [1.29, 1.82) is 0 Å². The van der Waals surface area contributed by atoms with Crippen molar-refractivity contribution < 1.29 is 14.6 Å². The summed E-state index contributed by atoms with van der Waals surface area (Å²) in [6.07, 6.45) is 0.0884. The molecule has 0 saturated heterocycles. The second-order valence-electron chi connectivity index (χ2n) is 10.9. The second kappa shape index (κ2) is 11.2. The van der Waals surface area contributed by atoms with E-state index in [1.165, 1.54) is 0 Å². The summed E-state index contributed by atoms with van der Waals surface area (Å²) in [6, 6.07) is 15.2. The maximum atomic E-state index is 13.2. The molecule has 1 amide bonds. The monoisotopic (exact) mass is 552 g/mol. The van der Waals surface area contributed by atoms with Crippen LogP contribution in [-0.4, -0.2) is 51.3 Å². The Bertz CT molecular complexity index is 1370. The summed E-state index contributed by atoms with van der Waals surface area (Å²) in [5, 5.41) is 23.5. The molecule has 7 nitrogen and oxygen atoms in total. The summed E-state index contributed by atoms with van der Waals surface area (Å²) in [4.78, 5) is 18.3. The lowest BCUT2D eigenvalue weighted by atomic mass is 9.93. The van der Waals surface area contributed by atoms with Gasteiger partial charge in [-0.2, -0.15) is 10.2 Å². The van der Waals surface area contributed by atoms with Gasteiger partial charge in [0.05, 0.1) is 41.3 Å². The van der Waals surface area contributed by atoms with Crippen molar-refractivity contribution >= 4 is 37.8 Å². The lowest BCUT2D eigenvalue weighted by Gasteiger charge is -2.29. The fraction of sp³-hybridized carbons (Fsp3) is 0.379. The molecule has 2 aromatic carbocycles. The van der Waals surface area contributed by atoms with Crippen molar-refractivity contribution in [2.45, 2.75) is 58.3 Å². The van der Waals surface area contributed by atoms with Gasteiger partial charge < -0.3 is 15.2 Å². The van der Waals surface area contributed by atoms with E-state index in [9.17, 15) is 9.90 Å². The summed E-state index contributed by atoms with van der Waals surface area (Å²) >= 11 is 6.18. The Labute approximate surface area is 231 Å². The van der Waals surface area contributed by atoms with E-state index < -0.39 is 17.2 Å². The van der Waals surface area contributed by atoms with E-state index in [0.717, 1.165) is 39.0 Å². The van der Waals surface area contributed by atoms with Crippen LogP contribution in [0, 0.1) is 6.92 Å². The van der Waals surface area contributed by atoms with E-state index in [-0.39, 0.29) is 25.5 Å². The third kappa shape index (κ3) is 7.03. The molecule has 1 aliphatic heterocycles. The van der Waals surface area contributed by atoms with E-state index >= 15 is 0 Å². The number of nitrogens with zero attached hydrogens (tertiary/aromatic N) is 3. The first-order valence-corrected chi connectivity index (χ1v) is 13.5. The molecule has 9 heteroatoms. The summed E-state index contributed by atoms with van der Waals surface area (Å²) in [6.45, 7) is 9.46. The second-order valence-corrected chi connectivity index (χ2v) is 12.0. The molecule has 2 heterocycles. The van der Waals surface area contributed by atoms with Gasteiger partial charge in [0.25, 0.3) is 0 Å². The number of benzene rings is 2. The van der Waals surface area contributed by atoms with Gasteiger partial charge in [0.2, 0.25) is 5.91 Å². The number of amides is 1. The van der Waals surface area contributed by atoms with Gasteiger partial charge in [-0.1, -0.05) is 35.9 Å². The molecule has 0 spiro atoms. The molecule has 4 rings (SSSR count). The highest BCUT2D eigenvalue weighted by atomic mass is 35.5. The zero-order valence-corrected chi connectivity index (χ0v) is 24.3. The average Bonchev–Trinajstić information content (AvgIpc) is 2.96. The van der Waals surface area contributed by atoms with E-state index in [4.69, 9.17) is 21.3 Å². The molecular weight excluding hydrogens is 519 g/mol. The van der Waals surface area contributed by atoms with E-state index in [0.29, 0.717) is 10.7 Å². The number of aromatic nitrogens is 2. The zero-order valence-electron chi connectivity index (χ0n) is 22.4. The Balaban J connectivity index is 1.69. The number of nitrogens with one attached hydrogen (secondary N) is 1. The number of aliphatic hydroxyl groups is 1. The Morgan fingerprint density at radius 3 is 2.45 bits per heavy atom. The predicted molar refractivity (Wildman–Crippen MR) is 155 cm³/mol. The number of aliphatic imine (C=N–C) groups is 1. The quantitative estimate of drug-likeness (QED) is 0.399. The number of hydrogen-bond acceptors (Lipinski definition) is 6. The van der Waals surface area contributed by atoms with Gasteiger partial charge in [0.15, 0.2) is 0 Å². The fourth-order valence-electron chi connectivity index (χ4n) is 4.20. The van der Waals surface area contributed by atoms with Crippen molar-refractivity contribution in [3.05, 3.63) is 76.1 Å².